The van der Waals surface area contributed by atoms with Crippen LogP contribution in [0.2, 0.25) is 0 Å². The van der Waals surface area contributed by atoms with Crippen molar-refractivity contribution in [3.05, 3.63) is 84.7 Å². The minimum atomic E-state index is -0.530. The van der Waals surface area contributed by atoms with E-state index in [4.69, 9.17) is 5.73 Å². The molecule has 2 heterocycles. The summed E-state index contributed by atoms with van der Waals surface area (Å²) in [5.74, 6) is -0.530. The summed E-state index contributed by atoms with van der Waals surface area (Å²) in [6.07, 6.45) is 3.26. The second-order valence-electron chi connectivity index (χ2n) is 5.85. The van der Waals surface area contributed by atoms with Crippen LogP contribution >= 0.6 is 0 Å². The van der Waals surface area contributed by atoms with Crippen molar-refractivity contribution in [2.75, 3.05) is 5.32 Å². The van der Waals surface area contributed by atoms with Gasteiger partial charge in [0.1, 0.15) is 0 Å². The Morgan fingerprint density at radius 3 is 2.54 bits per heavy atom. The molecule has 0 aliphatic carbocycles. The van der Waals surface area contributed by atoms with Gasteiger partial charge in [0.15, 0.2) is 0 Å². The maximum Gasteiger partial charge on any atom is 0.252 e. The second kappa shape index (κ2) is 6.64. The van der Waals surface area contributed by atoms with Gasteiger partial charge < -0.3 is 11.1 Å². The van der Waals surface area contributed by atoms with Crippen molar-refractivity contribution in [1.82, 2.24) is 9.97 Å². The molecule has 0 spiro atoms. The molecule has 1 amide bonds. The number of rotatable bonds is 4. The van der Waals surface area contributed by atoms with Crippen LogP contribution in [0, 0.1) is 0 Å². The molecule has 4 rings (SSSR count). The first kappa shape index (κ1) is 15.8. The Hall–Kier alpha value is -3.73. The van der Waals surface area contributed by atoms with E-state index in [1.807, 2.05) is 66.7 Å². The number of amides is 1. The van der Waals surface area contributed by atoms with Gasteiger partial charge in [-0.15, -0.1) is 0 Å². The molecule has 0 bridgehead atoms. The molecule has 2 aromatic carbocycles. The summed E-state index contributed by atoms with van der Waals surface area (Å²) in [6, 6.07) is 21.3. The van der Waals surface area contributed by atoms with Gasteiger partial charge >= 0.3 is 0 Å². The van der Waals surface area contributed by atoms with E-state index in [-0.39, 0.29) is 0 Å². The largest absolute Gasteiger partial charge is 0.365 e. The maximum atomic E-state index is 11.9. The third kappa shape index (κ3) is 2.98. The van der Waals surface area contributed by atoms with E-state index in [0.717, 1.165) is 27.8 Å². The number of hydrogen-bond donors (Lipinski definition) is 2. The first-order valence-corrected chi connectivity index (χ1v) is 8.18. The first-order chi connectivity index (χ1) is 12.7. The third-order valence-corrected chi connectivity index (χ3v) is 4.15. The number of primary amides is 1. The lowest BCUT2D eigenvalue weighted by Crippen LogP contribution is -2.14. The van der Waals surface area contributed by atoms with Crippen molar-refractivity contribution < 1.29 is 4.79 Å². The van der Waals surface area contributed by atoms with E-state index >= 15 is 0 Å². The van der Waals surface area contributed by atoms with E-state index < -0.39 is 5.91 Å². The van der Waals surface area contributed by atoms with Crippen molar-refractivity contribution in [2.24, 2.45) is 5.73 Å². The summed E-state index contributed by atoms with van der Waals surface area (Å²) < 4.78 is 0. The number of pyridine rings is 2. The number of anilines is 2. The molecule has 5 nitrogen and oxygen atoms in total. The molecule has 3 N–H and O–H groups in total. The Morgan fingerprint density at radius 2 is 1.73 bits per heavy atom. The van der Waals surface area contributed by atoms with Crippen LogP contribution in [0.15, 0.2) is 79.1 Å². The molecule has 0 unspecified atom stereocenters. The zero-order valence-corrected chi connectivity index (χ0v) is 13.9. The predicted octanol–water partition coefficient (Wildman–Crippen LogP) is 4.14. The third-order valence-electron chi connectivity index (χ3n) is 4.15. The Morgan fingerprint density at radius 1 is 0.885 bits per heavy atom. The number of nitrogens with one attached hydrogen (secondary N) is 1. The highest BCUT2D eigenvalue weighted by Crippen LogP contribution is 2.29. The lowest BCUT2D eigenvalue weighted by atomic mass is 10.1. The summed E-state index contributed by atoms with van der Waals surface area (Å²) in [6.45, 7) is 0. The van der Waals surface area contributed by atoms with Crippen LogP contribution in [0.1, 0.15) is 10.4 Å². The molecule has 5 heteroatoms. The molecule has 0 fully saturated rings. The van der Waals surface area contributed by atoms with Crippen molar-refractivity contribution in [1.29, 1.82) is 0 Å². The van der Waals surface area contributed by atoms with Gasteiger partial charge in [-0.25, -0.2) is 0 Å². The van der Waals surface area contributed by atoms with Crippen molar-refractivity contribution in [3.63, 3.8) is 0 Å². The number of carbonyl (C=O) groups is 1. The fourth-order valence-corrected chi connectivity index (χ4v) is 2.88. The number of nitrogens with two attached hydrogens (primary N) is 1. The van der Waals surface area contributed by atoms with Crippen LogP contribution in [0.25, 0.3) is 22.2 Å². The molecule has 0 saturated carbocycles. The Kier molecular flexibility index (Phi) is 4.03. The Labute approximate surface area is 150 Å². The van der Waals surface area contributed by atoms with Gasteiger partial charge in [-0.2, -0.15) is 0 Å². The van der Waals surface area contributed by atoms with E-state index in [1.165, 1.54) is 6.20 Å². The number of nitrogens with zero attached hydrogens (tertiary/aromatic N) is 2. The average Bonchev–Trinajstić information content (AvgIpc) is 2.69. The zero-order valence-electron chi connectivity index (χ0n) is 13.9. The number of aromatic nitrogens is 2. The van der Waals surface area contributed by atoms with Crippen LogP contribution in [-0.2, 0) is 0 Å². The molecule has 26 heavy (non-hydrogen) atoms. The summed E-state index contributed by atoms with van der Waals surface area (Å²) in [5, 5.41) is 4.29. The molecular weight excluding hydrogens is 324 g/mol. The highest BCUT2D eigenvalue weighted by molar-refractivity contribution is 6.01. The van der Waals surface area contributed by atoms with E-state index in [9.17, 15) is 4.79 Å². The summed E-state index contributed by atoms with van der Waals surface area (Å²) in [7, 11) is 0. The molecule has 4 aromatic rings. The molecular formula is C21H16N4O. The SMILES string of the molecule is NC(=O)c1cnc(-c2ccccc2)cc1Nc1cccc2ncccc12. The smallest absolute Gasteiger partial charge is 0.252 e. The standard InChI is InChI=1S/C21H16N4O/c22-21(26)16-13-24-19(14-6-2-1-3-7-14)12-20(16)25-18-10-4-9-17-15(18)8-5-11-23-17/h1-13H,(H2,22,26)(H,24,25). The van der Waals surface area contributed by atoms with Crippen molar-refractivity contribution in [3.8, 4) is 11.3 Å². The van der Waals surface area contributed by atoms with Crippen molar-refractivity contribution >= 4 is 28.2 Å². The molecule has 0 saturated heterocycles. The summed E-state index contributed by atoms with van der Waals surface area (Å²) in [4.78, 5) is 20.6. The highest BCUT2D eigenvalue weighted by atomic mass is 16.1. The van der Waals surface area contributed by atoms with Crippen LogP contribution in [-0.4, -0.2) is 15.9 Å². The fraction of sp³-hybridized carbons (Fsp3) is 0. The summed E-state index contributed by atoms with van der Waals surface area (Å²) in [5.41, 5.74) is 9.94. The topological polar surface area (TPSA) is 80.9 Å². The van der Waals surface area contributed by atoms with E-state index in [0.29, 0.717) is 11.3 Å². The number of fused-ring (bicyclic) bond motifs is 1. The molecule has 0 radical (unpaired) electrons. The molecule has 2 aromatic heterocycles. The van der Waals surface area contributed by atoms with E-state index in [2.05, 4.69) is 15.3 Å². The van der Waals surface area contributed by atoms with Gasteiger partial charge in [0, 0.05) is 29.0 Å². The van der Waals surface area contributed by atoms with Crippen molar-refractivity contribution in [2.45, 2.75) is 0 Å². The second-order valence-corrected chi connectivity index (χ2v) is 5.85. The lowest BCUT2D eigenvalue weighted by Gasteiger charge is -2.13. The van der Waals surface area contributed by atoms with Crippen LogP contribution in [0.3, 0.4) is 0 Å². The van der Waals surface area contributed by atoms with Gasteiger partial charge in [-0.1, -0.05) is 36.4 Å². The Balaban J connectivity index is 1.82. The van der Waals surface area contributed by atoms with Gasteiger partial charge in [0.2, 0.25) is 0 Å². The number of carbonyl (C=O) groups excluding carboxylic acids is 1. The molecule has 126 valence electrons. The lowest BCUT2D eigenvalue weighted by molar-refractivity contribution is 0.100. The van der Waals surface area contributed by atoms with Gasteiger partial charge in [0.25, 0.3) is 5.91 Å². The predicted molar refractivity (Wildman–Crippen MR) is 103 cm³/mol. The van der Waals surface area contributed by atoms with Gasteiger partial charge in [-0.3, -0.25) is 14.8 Å². The average molecular weight is 340 g/mol. The molecule has 0 atom stereocenters. The quantitative estimate of drug-likeness (QED) is 0.585. The monoisotopic (exact) mass is 340 g/mol. The summed E-state index contributed by atoms with van der Waals surface area (Å²) >= 11 is 0. The normalized spacial score (nSPS) is 10.6. The number of hydrogen-bond acceptors (Lipinski definition) is 4. The van der Waals surface area contributed by atoms with Crippen LogP contribution in [0.4, 0.5) is 11.4 Å². The number of benzene rings is 2. The fourth-order valence-electron chi connectivity index (χ4n) is 2.88. The maximum absolute atomic E-state index is 11.9. The van der Waals surface area contributed by atoms with Gasteiger partial charge in [-0.05, 0) is 30.3 Å². The zero-order chi connectivity index (χ0) is 17.9. The molecule has 0 aliphatic heterocycles. The van der Waals surface area contributed by atoms with Crippen LogP contribution in [0.5, 0.6) is 0 Å². The minimum absolute atomic E-state index is 0.338. The Bertz CT molecular complexity index is 1090. The first-order valence-electron chi connectivity index (χ1n) is 8.18. The van der Waals surface area contributed by atoms with Crippen LogP contribution < -0.4 is 11.1 Å². The van der Waals surface area contributed by atoms with Gasteiger partial charge in [0.05, 0.1) is 22.5 Å². The molecule has 0 aliphatic rings. The highest BCUT2D eigenvalue weighted by Gasteiger charge is 2.12. The van der Waals surface area contributed by atoms with E-state index in [1.54, 1.807) is 6.20 Å². The minimum Gasteiger partial charge on any atom is -0.365 e.